The Morgan fingerprint density at radius 1 is 1.25 bits per heavy atom. The molecule has 0 saturated heterocycles. The molecule has 1 aliphatic rings. The number of nitrogens with zero attached hydrogens (tertiary/aromatic N) is 4. The first-order valence-corrected chi connectivity index (χ1v) is 11.6. The predicted molar refractivity (Wildman–Crippen MR) is 116 cm³/mol. The number of benzene rings is 1. The van der Waals surface area contributed by atoms with Crippen LogP contribution in [0.3, 0.4) is 0 Å². The molecule has 4 rings (SSSR count). The molecule has 1 amide bonds. The number of hydrogen-bond donors (Lipinski definition) is 0. The molecule has 0 unspecified atom stereocenters. The molecule has 148 valence electrons. The third-order valence-corrected chi connectivity index (χ3v) is 7.46. The van der Waals surface area contributed by atoms with Gasteiger partial charge in [0, 0.05) is 18.8 Å². The van der Waals surface area contributed by atoms with Crippen LogP contribution in [0.4, 0.5) is 0 Å². The highest BCUT2D eigenvalue weighted by Gasteiger charge is 2.24. The van der Waals surface area contributed by atoms with Crippen molar-refractivity contribution in [3.63, 3.8) is 0 Å². The number of thiazole rings is 1. The molecule has 2 heterocycles. The number of carbonyl (C=O) groups excluding carboxylic acids is 1. The van der Waals surface area contributed by atoms with Gasteiger partial charge in [0.1, 0.15) is 5.01 Å². The summed E-state index contributed by atoms with van der Waals surface area (Å²) in [6.45, 7) is 4.76. The minimum Gasteiger partial charge on any atom is -0.338 e. The summed E-state index contributed by atoms with van der Waals surface area (Å²) in [5, 5.41) is 1.96. The van der Waals surface area contributed by atoms with Gasteiger partial charge in [-0.1, -0.05) is 36.7 Å². The lowest BCUT2D eigenvalue weighted by atomic mass is 10.2. The summed E-state index contributed by atoms with van der Waals surface area (Å²) in [6.07, 6.45) is 5.01. The van der Waals surface area contributed by atoms with E-state index in [0.29, 0.717) is 18.3 Å². The van der Waals surface area contributed by atoms with Crippen molar-refractivity contribution in [2.45, 2.75) is 57.3 Å². The number of imidazole rings is 1. The Bertz CT molecular complexity index is 955. The van der Waals surface area contributed by atoms with E-state index in [4.69, 9.17) is 4.98 Å². The summed E-state index contributed by atoms with van der Waals surface area (Å²) in [5.74, 6) is 0.518. The summed E-state index contributed by atoms with van der Waals surface area (Å²) in [5.41, 5.74) is 3.32. The molecule has 3 aromatic rings. The standard InChI is InChI=1S/C21H26N4OS2/c1-14-15(2)25(16-8-4-5-9-16)21(22-14)27-13-20(26)24(3)12-19-23-17-10-6-7-11-18(17)28-19/h6-7,10-11,16H,4-5,8-9,12-13H2,1-3H3. The van der Waals surface area contributed by atoms with Gasteiger partial charge in [0.25, 0.3) is 0 Å². The third kappa shape index (κ3) is 3.96. The van der Waals surface area contributed by atoms with Crippen LogP contribution in [0.2, 0.25) is 0 Å². The molecular weight excluding hydrogens is 388 g/mol. The second-order valence-corrected chi connectivity index (χ2v) is 9.54. The van der Waals surface area contributed by atoms with Crippen molar-refractivity contribution in [1.82, 2.24) is 19.4 Å². The van der Waals surface area contributed by atoms with Crippen LogP contribution in [0, 0.1) is 13.8 Å². The maximum atomic E-state index is 12.7. The molecule has 0 spiro atoms. The van der Waals surface area contributed by atoms with Gasteiger partial charge in [-0.05, 0) is 38.8 Å². The van der Waals surface area contributed by atoms with E-state index in [2.05, 4.69) is 29.5 Å². The number of rotatable bonds is 6. The van der Waals surface area contributed by atoms with Crippen LogP contribution in [-0.2, 0) is 11.3 Å². The van der Waals surface area contributed by atoms with Crippen molar-refractivity contribution in [2.75, 3.05) is 12.8 Å². The van der Waals surface area contributed by atoms with Gasteiger partial charge >= 0.3 is 0 Å². The second kappa shape index (κ2) is 8.25. The molecule has 5 nitrogen and oxygen atoms in total. The molecule has 1 fully saturated rings. The maximum absolute atomic E-state index is 12.7. The number of carbonyl (C=O) groups is 1. The van der Waals surface area contributed by atoms with E-state index < -0.39 is 0 Å². The van der Waals surface area contributed by atoms with Gasteiger partial charge in [0.05, 0.1) is 28.2 Å². The normalized spacial score (nSPS) is 14.8. The quantitative estimate of drug-likeness (QED) is 0.534. The Morgan fingerprint density at radius 3 is 2.75 bits per heavy atom. The molecule has 7 heteroatoms. The molecule has 0 aliphatic heterocycles. The Labute approximate surface area is 174 Å². The maximum Gasteiger partial charge on any atom is 0.233 e. The SMILES string of the molecule is Cc1nc(SCC(=O)N(C)Cc2nc3ccccc3s2)n(C2CCCC2)c1C. The molecular formula is C21H26N4OS2. The lowest BCUT2D eigenvalue weighted by Gasteiger charge is -2.18. The minimum atomic E-state index is 0.112. The van der Waals surface area contributed by atoms with Crippen molar-refractivity contribution >= 4 is 39.2 Å². The zero-order valence-corrected chi connectivity index (χ0v) is 18.3. The van der Waals surface area contributed by atoms with E-state index >= 15 is 0 Å². The Morgan fingerprint density at radius 2 is 2.00 bits per heavy atom. The van der Waals surface area contributed by atoms with E-state index in [9.17, 15) is 4.79 Å². The highest BCUT2D eigenvalue weighted by molar-refractivity contribution is 7.99. The molecule has 0 atom stereocenters. The smallest absolute Gasteiger partial charge is 0.233 e. The average molecular weight is 415 g/mol. The number of fused-ring (bicyclic) bond motifs is 1. The Balaban J connectivity index is 1.40. The Hall–Kier alpha value is -1.86. The number of para-hydroxylation sites is 1. The fraction of sp³-hybridized carbons (Fsp3) is 0.476. The van der Waals surface area contributed by atoms with Crippen molar-refractivity contribution in [2.24, 2.45) is 0 Å². The lowest BCUT2D eigenvalue weighted by molar-refractivity contribution is -0.127. The number of aryl methyl sites for hydroxylation is 1. The van der Waals surface area contributed by atoms with Gasteiger partial charge in [-0.25, -0.2) is 9.97 Å². The average Bonchev–Trinajstić information content (AvgIpc) is 3.39. The molecule has 1 saturated carbocycles. The summed E-state index contributed by atoms with van der Waals surface area (Å²) in [6, 6.07) is 8.64. The molecule has 2 aromatic heterocycles. The monoisotopic (exact) mass is 414 g/mol. The summed E-state index contributed by atoms with van der Waals surface area (Å²) in [4.78, 5) is 23.9. The molecule has 1 aromatic carbocycles. The first kappa shape index (κ1) is 19.5. The van der Waals surface area contributed by atoms with Crippen molar-refractivity contribution in [3.05, 3.63) is 40.7 Å². The summed E-state index contributed by atoms with van der Waals surface area (Å²) < 4.78 is 3.53. The van der Waals surface area contributed by atoms with Crippen LogP contribution in [0.25, 0.3) is 10.2 Å². The fourth-order valence-electron chi connectivity index (χ4n) is 3.81. The van der Waals surface area contributed by atoms with Crippen LogP contribution >= 0.6 is 23.1 Å². The second-order valence-electron chi connectivity index (χ2n) is 7.49. The van der Waals surface area contributed by atoms with E-state index in [1.165, 1.54) is 31.4 Å². The van der Waals surface area contributed by atoms with Crippen LogP contribution in [0.5, 0.6) is 0 Å². The van der Waals surface area contributed by atoms with Gasteiger partial charge in [-0.15, -0.1) is 11.3 Å². The van der Waals surface area contributed by atoms with E-state index in [1.54, 1.807) is 28.0 Å². The highest BCUT2D eigenvalue weighted by atomic mass is 32.2. The largest absolute Gasteiger partial charge is 0.338 e. The van der Waals surface area contributed by atoms with Crippen molar-refractivity contribution in [1.29, 1.82) is 0 Å². The van der Waals surface area contributed by atoms with Gasteiger partial charge in [0.15, 0.2) is 5.16 Å². The summed E-state index contributed by atoms with van der Waals surface area (Å²) in [7, 11) is 1.86. The van der Waals surface area contributed by atoms with Crippen molar-refractivity contribution < 1.29 is 4.79 Å². The van der Waals surface area contributed by atoms with Crippen LogP contribution < -0.4 is 0 Å². The van der Waals surface area contributed by atoms with Gasteiger partial charge in [-0.3, -0.25) is 4.79 Å². The fourth-order valence-corrected chi connectivity index (χ4v) is 5.93. The Kier molecular flexibility index (Phi) is 5.73. The van der Waals surface area contributed by atoms with Gasteiger partial charge in [0.2, 0.25) is 5.91 Å². The number of thioether (sulfide) groups is 1. The zero-order chi connectivity index (χ0) is 19.7. The molecule has 28 heavy (non-hydrogen) atoms. The predicted octanol–water partition coefficient (Wildman–Crippen LogP) is 4.98. The molecule has 0 bridgehead atoms. The van der Waals surface area contributed by atoms with Crippen LogP contribution in [-0.4, -0.2) is 38.1 Å². The van der Waals surface area contributed by atoms with Gasteiger partial charge < -0.3 is 9.47 Å². The minimum absolute atomic E-state index is 0.112. The third-order valence-electron chi connectivity index (χ3n) is 5.51. The van der Waals surface area contributed by atoms with E-state index in [-0.39, 0.29) is 5.91 Å². The zero-order valence-electron chi connectivity index (χ0n) is 16.6. The van der Waals surface area contributed by atoms with E-state index in [1.807, 2.05) is 25.2 Å². The first-order valence-electron chi connectivity index (χ1n) is 9.79. The molecule has 1 aliphatic carbocycles. The topological polar surface area (TPSA) is 51.0 Å². The van der Waals surface area contributed by atoms with Gasteiger partial charge in [-0.2, -0.15) is 0 Å². The number of hydrogen-bond acceptors (Lipinski definition) is 5. The van der Waals surface area contributed by atoms with Crippen LogP contribution in [0.15, 0.2) is 29.4 Å². The molecule has 0 radical (unpaired) electrons. The first-order chi connectivity index (χ1) is 13.5. The highest BCUT2D eigenvalue weighted by Crippen LogP contribution is 2.35. The van der Waals surface area contributed by atoms with Crippen molar-refractivity contribution in [3.8, 4) is 0 Å². The van der Waals surface area contributed by atoms with Crippen LogP contribution in [0.1, 0.15) is 48.1 Å². The molecule has 0 N–H and O–H groups in total. The lowest BCUT2D eigenvalue weighted by Crippen LogP contribution is -2.27. The number of aromatic nitrogens is 3. The summed E-state index contributed by atoms with van der Waals surface area (Å²) >= 11 is 3.22. The number of amides is 1. The van der Waals surface area contributed by atoms with E-state index in [0.717, 1.165) is 26.1 Å².